The lowest BCUT2D eigenvalue weighted by Crippen LogP contribution is -2.54. The molecule has 0 aromatic carbocycles. The van der Waals surface area contributed by atoms with Gasteiger partial charge in [0.15, 0.2) is 11.6 Å². The number of hydrogen-bond acceptors (Lipinski definition) is 6. The molecule has 1 aliphatic heterocycles. The van der Waals surface area contributed by atoms with Gasteiger partial charge < -0.3 is 15.7 Å². The van der Waals surface area contributed by atoms with E-state index in [1.54, 1.807) is 6.92 Å². The van der Waals surface area contributed by atoms with E-state index in [9.17, 15) is 9.50 Å². The molecule has 5 N–H and O–H groups in total. The smallest absolute Gasteiger partial charge is 0.181 e. The average Bonchev–Trinajstić information content (AvgIpc) is 2.43. The predicted octanol–water partition coefficient (Wildman–Crippen LogP) is 1.56. The fourth-order valence-corrected chi connectivity index (χ4v) is 2.43. The van der Waals surface area contributed by atoms with Gasteiger partial charge in [0.05, 0.1) is 24.0 Å². The zero-order chi connectivity index (χ0) is 16.4. The second-order valence-electron chi connectivity index (χ2n) is 6.23. The minimum atomic E-state index is -1.06. The first-order valence-corrected chi connectivity index (χ1v) is 7.50. The van der Waals surface area contributed by atoms with Gasteiger partial charge in [0.2, 0.25) is 0 Å². The van der Waals surface area contributed by atoms with Crippen molar-refractivity contribution in [3.05, 3.63) is 23.8 Å². The van der Waals surface area contributed by atoms with Crippen LogP contribution in [-0.4, -0.2) is 33.9 Å². The molecule has 1 aromatic rings. The molecule has 1 aromatic heterocycles. The van der Waals surface area contributed by atoms with Crippen LogP contribution in [0, 0.1) is 5.82 Å². The number of aliphatic hydroxyl groups is 1. The van der Waals surface area contributed by atoms with Crippen LogP contribution < -0.4 is 16.4 Å². The molecule has 0 aliphatic carbocycles. The van der Waals surface area contributed by atoms with E-state index in [0.717, 1.165) is 25.5 Å². The van der Waals surface area contributed by atoms with Crippen molar-refractivity contribution in [2.45, 2.75) is 51.4 Å². The summed E-state index contributed by atoms with van der Waals surface area (Å²) in [5.74, 6) is -1.04. The summed E-state index contributed by atoms with van der Waals surface area (Å²) in [5, 5.41) is 15.9. The van der Waals surface area contributed by atoms with Crippen molar-refractivity contribution in [1.29, 1.82) is 0 Å². The number of anilines is 1. The first-order chi connectivity index (χ1) is 10.3. The Balaban J connectivity index is 2.34. The number of nitrogens with zero attached hydrogens (tertiary/aromatic N) is 2. The van der Waals surface area contributed by atoms with Crippen LogP contribution in [0.1, 0.15) is 45.7 Å². The van der Waals surface area contributed by atoms with Gasteiger partial charge >= 0.3 is 0 Å². The molecule has 0 saturated heterocycles. The molecule has 0 saturated carbocycles. The molecule has 0 radical (unpaired) electrons. The van der Waals surface area contributed by atoms with Gasteiger partial charge in [-0.2, -0.15) is 0 Å². The molecule has 6 nitrogen and oxygen atoms in total. The molecule has 0 fully saturated rings. The molecular formula is C15H24FN5O. The molecule has 2 atom stereocenters. The Kier molecular flexibility index (Phi) is 4.67. The first kappa shape index (κ1) is 16.6. The maximum atomic E-state index is 13.4. The summed E-state index contributed by atoms with van der Waals surface area (Å²) >= 11 is 0. The molecule has 0 amide bonds. The fraction of sp³-hybridized carbons (Fsp3) is 0.600. The highest BCUT2D eigenvalue weighted by Gasteiger charge is 2.32. The number of rotatable bonds is 5. The Morgan fingerprint density at radius 1 is 1.55 bits per heavy atom. The van der Waals surface area contributed by atoms with Crippen LogP contribution in [0.25, 0.3) is 0 Å². The zero-order valence-electron chi connectivity index (χ0n) is 13.3. The van der Waals surface area contributed by atoms with E-state index in [2.05, 4.69) is 27.5 Å². The van der Waals surface area contributed by atoms with Crippen LogP contribution >= 0.6 is 0 Å². The normalized spacial score (nSPS) is 23.1. The summed E-state index contributed by atoms with van der Waals surface area (Å²) in [6, 6.07) is 1.34. The van der Waals surface area contributed by atoms with Gasteiger partial charge in [-0.1, -0.05) is 19.8 Å². The highest BCUT2D eigenvalue weighted by Crippen LogP contribution is 2.25. The van der Waals surface area contributed by atoms with E-state index in [1.165, 1.54) is 6.07 Å². The van der Waals surface area contributed by atoms with Crippen molar-refractivity contribution >= 4 is 11.5 Å². The minimum Gasteiger partial charge on any atom is -0.394 e. The van der Waals surface area contributed by atoms with E-state index >= 15 is 0 Å². The number of aliphatic hydroxyl groups excluding tert-OH is 1. The first-order valence-electron chi connectivity index (χ1n) is 7.50. The van der Waals surface area contributed by atoms with Crippen LogP contribution in [-0.2, 0) is 0 Å². The Bertz CT molecular complexity index is 575. The zero-order valence-corrected chi connectivity index (χ0v) is 13.3. The van der Waals surface area contributed by atoms with Gasteiger partial charge in [-0.3, -0.25) is 5.73 Å². The number of unbranched alkanes of at least 4 members (excludes halogenated alkanes) is 1. The van der Waals surface area contributed by atoms with Crippen LogP contribution in [0.2, 0.25) is 0 Å². The SMILES string of the molecule is CCCC[C@](C)(CO)NC1=NC(C)(N)Nc2cc(F)cnc21. The second-order valence-corrected chi connectivity index (χ2v) is 6.23. The Morgan fingerprint density at radius 2 is 2.27 bits per heavy atom. The van der Waals surface area contributed by atoms with E-state index in [0.29, 0.717) is 17.2 Å². The quantitative estimate of drug-likeness (QED) is 0.662. The van der Waals surface area contributed by atoms with E-state index in [1.807, 2.05) is 6.92 Å². The Morgan fingerprint density at radius 3 is 2.91 bits per heavy atom. The van der Waals surface area contributed by atoms with Crippen molar-refractivity contribution in [3.8, 4) is 0 Å². The van der Waals surface area contributed by atoms with Crippen molar-refractivity contribution < 1.29 is 9.50 Å². The number of aromatic nitrogens is 1. The molecule has 1 unspecified atom stereocenters. The van der Waals surface area contributed by atoms with Gasteiger partial charge in [-0.25, -0.2) is 14.4 Å². The fourth-order valence-electron chi connectivity index (χ4n) is 2.43. The highest BCUT2D eigenvalue weighted by atomic mass is 19.1. The number of halogens is 1. The summed E-state index contributed by atoms with van der Waals surface area (Å²) in [6.45, 7) is 5.66. The van der Waals surface area contributed by atoms with Crippen molar-refractivity contribution in [2.24, 2.45) is 10.7 Å². The number of pyridine rings is 1. The average molecular weight is 309 g/mol. The van der Waals surface area contributed by atoms with Crippen molar-refractivity contribution in [2.75, 3.05) is 11.9 Å². The summed E-state index contributed by atoms with van der Waals surface area (Å²) < 4.78 is 13.4. The molecule has 2 rings (SSSR count). The topological polar surface area (TPSA) is 95.6 Å². The van der Waals surface area contributed by atoms with E-state index in [-0.39, 0.29) is 6.61 Å². The molecule has 2 heterocycles. The number of nitrogens with one attached hydrogen (secondary N) is 2. The molecule has 0 spiro atoms. The lowest BCUT2D eigenvalue weighted by molar-refractivity contribution is 0.181. The lowest BCUT2D eigenvalue weighted by Gasteiger charge is -2.35. The van der Waals surface area contributed by atoms with E-state index in [4.69, 9.17) is 5.73 Å². The molecule has 1 aliphatic rings. The number of hydrogen-bond donors (Lipinski definition) is 4. The third kappa shape index (κ3) is 3.72. The number of fused-ring (bicyclic) bond motifs is 1. The summed E-state index contributed by atoms with van der Waals surface area (Å²) in [6.07, 6.45) is 3.92. The molecule has 122 valence electrons. The van der Waals surface area contributed by atoms with Crippen molar-refractivity contribution in [1.82, 2.24) is 10.3 Å². The molecular weight excluding hydrogens is 285 g/mol. The van der Waals surface area contributed by atoms with Crippen LogP contribution in [0.15, 0.2) is 17.3 Å². The summed E-state index contributed by atoms with van der Waals surface area (Å²) in [7, 11) is 0. The molecule has 22 heavy (non-hydrogen) atoms. The Hall–Kier alpha value is -1.73. The monoisotopic (exact) mass is 309 g/mol. The van der Waals surface area contributed by atoms with Crippen LogP contribution in [0.5, 0.6) is 0 Å². The van der Waals surface area contributed by atoms with Crippen molar-refractivity contribution in [3.63, 3.8) is 0 Å². The summed E-state index contributed by atoms with van der Waals surface area (Å²) in [5.41, 5.74) is 6.50. The standard InChI is InChI=1S/C15H24FN5O/c1-4-5-6-14(2,9-22)20-13-12-11(7-10(16)8-18-12)19-15(3,17)21-13/h7-8,19,22H,4-6,9,17H2,1-3H3,(H,20,21)/t14-,15?/m1/s1. The van der Waals surface area contributed by atoms with Crippen LogP contribution in [0.4, 0.5) is 10.1 Å². The van der Waals surface area contributed by atoms with Gasteiger partial charge in [0.1, 0.15) is 11.5 Å². The third-order valence-corrected chi connectivity index (χ3v) is 3.66. The Labute approximate surface area is 130 Å². The lowest BCUT2D eigenvalue weighted by atomic mass is 9.95. The highest BCUT2D eigenvalue weighted by molar-refractivity contribution is 6.03. The van der Waals surface area contributed by atoms with Gasteiger partial charge in [0.25, 0.3) is 0 Å². The number of aliphatic imine (C=N–C) groups is 1. The molecule has 0 bridgehead atoms. The number of nitrogens with two attached hydrogens (primary N) is 1. The number of amidine groups is 1. The van der Waals surface area contributed by atoms with Gasteiger partial charge in [-0.15, -0.1) is 0 Å². The predicted molar refractivity (Wildman–Crippen MR) is 85.1 cm³/mol. The van der Waals surface area contributed by atoms with E-state index < -0.39 is 17.1 Å². The second kappa shape index (κ2) is 6.18. The minimum absolute atomic E-state index is 0.0444. The maximum Gasteiger partial charge on any atom is 0.181 e. The van der Waals surface area contributed by atoms with Gasteiger partial charge in [0, 0.05) is 6.07 Å². The van der Waals surface area contributed by atoms with Crippen LogP contribution in [0.3, 0.4) is 0 Å². The maximum absolute atomic E-state index is 13.4. The summed E-state index contributed by atoms with van der Waals surface area (Å²) in [4.78, 5) is 8.50. The largest absolute Gasteiger partial charge is 0.394 e. The third-order valence-electron chi connectivity index (χ3n) is 3.66. The van der Waals surface area contributed by atoms with Gasteiger partial charge in [-0.05, 0) is 20.3 Å². The molecule has 7 heteroatoms.